The Labute approximate surface area is 278 Å². The fourth-order valence-electron chi connectivity index (χ4n) is 5.78. The molecule has 10 nitrogen and oxygen atoms in total. The van der Waals surface area contributed by atoms with Gasteiger partial charge in [0.15, 0.2) is 5.78 Å². The molecule has 0 aliphatic carbocycles. The van der Waals surface area contributed by atoms with Gasteiger partial charge in [-0.3, -0.25) is 19.2 Å². The van der Waals surface area contributed by atoms with Crippen molar-refractivity contribution in [2.75, 3.05) is 13.1 Å². The Morgan fingerprint density at radius 3 is 2.30 bits per heavy atom. The van der Waals surface area contributed by atoms with Crippen molar-refractivity contribution in [3.05, 3.63) is 41.0 Å². The Bertz CT molecular complexity index is 1340. The topological polar surface area (TPSA) is 141 Å². The number of β-amino-alcohol motifs (C(OH)–C–C–N with tert-alkyl or cyclic N) is 1. The maximum atomic E-state index is 13.9. The number of carbonyl (C=O) groups excluding carboxylic acids is 4. The van der Waals surface area contributed by atoms with Crippen molar-refractivity contribution in [3.63, 3.8) is 0 Å². The van der Waals surface area contributed by atoms with Crippen molar-refractivity contribution in [1.29, 1.82) is 0 Å². The summed E-state index contributed by atoms with van der Waals surface area (Å²) in [7, 11) is 0. The molecule has 4 N–H and O–H groups in total. The van der Waals surface area contributed by atoms with E-state index in [0.29, 0.717) is 13.0 Å². The molecule has 1 saturated heterocycles. The van der Waals surface area contributed by atoms with Crippen LogP contribution in [0.2, 0.25) is 0 Å². The predicted octanol–water partition coefficient (Wildman–Crippen LogP) is 4.55. The number of Topliss-reactive ketones (excluding diaryl/α,β-unsaturated/α-hetero) is 1. The average Bonchev–Trinajstić information content (AvgIpc) is 3.61. The molecular weight excluding hydrogens is 602 g/mol. The number of ketones is 1. The second-order valence-electron chi connectivity index (χ2n) is 13.8. The van der Waals surface area contributed by atoms with E-state index in [-0.39, 0.29) is 60.9 Å². The lowest BCUT2D eigenvalue weighted by Gasteiger charge is -2.35. The van der Waals surface area contributed by atoms with Crippen LogP contribution in [0.4, 0.5) is 0 Å². The van der Waals surface area contributed by atoms with Crippen molar-refractivity contribution in [2.45, 2.75) is 118 Å². The molecule has 5 atom stereocenters. The van der Waals surface area contributed by atoms with E-state index in [9.17, 15) is 24.3 Å². The van der Waals surface area contributed by atoms with Crippen LogP contribution in [-0.4, -0.2) is 75.8 Å². The summed E-state index contributed by atoms with van der Waals surface area (Å²) >= 11 is 1.58. The van der Waals surface area contributed by atoms with Gasteiger partial charge >= 0.3 is 0 Å². The second kappa shape index (κ2) is 16.6. The first-order valence-corrected chi connectivity index (χ1v) is 17.4. The SMILES string of the molecule is CC[C@H](NCCCCC(=O)N[C@H](C(=O)N1C[C@H](O)C[C@H]1C(=O)N[C@@H](C)c1ccc(-c2scnc2C)cc1)C(C)(C)C)C(=O)C(C)C. The van der Waals surface area contributed by atoms with Gasteiger partial charge in [-0.2, -0.15) is 0 Å². The van der Waals surface area contributed by atoms with E-state index in [1.54, 1.807) is 11.3 Å². The van der Waals surface area contributed by atoms with E-state index in [1.165, 1.54) is 4.90 Å². The first-order valence-electron chi connectivity index (χ1n) is 16.5. The first kappa shape index (κ1) is 37.3. The summed E-state index contributed by atoms with van der Waals surface area (Å²) in [5.74, 6) is -0.805. The largest absolute Gasteiger partial charge is 0.391 e. The number of benzene rings is 1. The highest BCUT2D eigenvalue weighted by atomic mass is 32.1. The number of thiazole rings is 1. The molecule has 3 rings (SSSR count). The molecule has 254 valence electrons. The standard InChI is InChI=1S/C35H53N5O5S/c1-9-27(30(43)21(2)3)36-17-11-10-12-29(42)39-32(35(6,7)8)34(45)40-19-26(41)18-28(40)33(44)38-22(4)24-13-15-25(16-14-24)31-23(5)37-20-46-31/h13-16,20-22,26-28,32,36,41H,9-12,17-19H2,1-8H3,(H,38,44)(H,39,42)/t22-,26+,27-,28-,32+/m0/s1. The third-order valence-corrected chi connectivity index (χ3v) is 9.58. The highest BCUT2D eigenvalue weighted by Crippen LogP contribution is 2.29. The minimum atomic E-state index is -0.868. The number of unbranched alkanes of at least 4 members (excludes halogenated alkanes) is 1. The molecule has 1 aliphatic rings. The number of aliphatic hydroxyl groups excluding tert-OH is 1. The molecule has 1 aliphatic heterocycles. The number of aromatic nitrogens is 1. The maximum Gasteiger partial charge on any atom is 0.246 e. The van der Waals surface area contributed by atoms with Gasteiger partial charge in [0.1, 0.15) is 12.1 Å². The van der Waals surface area contributed by atoms with Crippen LogP contribution in [-0.2, 0) is 19.2 Å². The van der Waals surface area contributed by atoms with Gasteiger partial charge < -0.3 is 26.0 Å². The lowest BCUT2D eigenvalue weighted by Crippen LogP contribution is -2.57. The number of nitrogens with one attached hydrogen (secondary N) is 3. The van der Waals surface area contributed by atoms with E-state index in [4.69, 9.17) is 0 Å². The monoisotopic (exact) mass is 655 g/mol. The quantitative estimate of drug-likeness (QED) is 0.206. The minimum Gasteiger partial charge on any atom is -0.391 e. The van der Waals surface area contributed by atoms with E-state index < -0.39 is 23.6 Å². The number of carbonyl (C=O) groups is 4. The molecular formula is C35H53N5O5S. The Morgan fingerprint density at radius 2 is 1.74 bits per heavy atom. The molecule has 11 heteroatoms. The molecule has 0 saturated carbocycles. The number of amides is 3. The van der Waals surface area contributed by atoms with Crippen LogP contribution in [0.1, 0.15) is 97.9 Å². The Kier molecular flexibility index (Phi) is 13.5. The van der Waals surface area contributed by atoms with E-state index >= 15 is 0 Å². The molecule has 46 heavy (non-hydrogen) atoms. The van der Waals surface area contributed by atoms with Crippen molar-refractivity contribution in [3.8, 4) is 10.4 Å². The molecule has 2 aromatic rings. The number of nitrogens with zero attached hydrogens (tertiary/aromatic N) is 2. The van der Waals surface area contributed by atoms with Gasteiger partial charge in [-0.05, 0) is 56.2 Å². The second-order valence-corrected chi connectivity index (χ2v) is 14.7. The van der Waals surface area contributed by atoms with Crippen LogP contribution < -0.4 is 16.0 Å². The highest BCUT2D eigenvalue weighted by Gasteiger charge is 2.44. The number of hydrogen-bond donors (Lipinski definition) is 4. The summed E-state index contributed by atoms with van der Waals surface area (Å²) in [6.07, 6.45) is 1.57. The van der Waals surface area contributed by atoms with Crippen LogP contribution in [0.25, 0.3) is 10.4 Å². The Hall–Kier alpha value is -3.15. The van der Waals surface area contributed by atoms with Crippen LogP contribution >= 0.6 is 11.3 Å². The maximum absolute atomic E-state index is 13.9. The van der Waals surface area contributed by atoms with E-state index in [2.05, 4.69) is 20.9 Å². The van der Waals surface area contributed by atoms with Crippen molar-refractivity contribution in [1.82, 2.24) is 25.8 Å². The summed E-state index contributed by atoms with van der Waals surface area (Å²) < 4.78 is 0. The summed E-state index contributed by atoms with van der Waals surface area (Å²) in [4.78, 5) is 59.5. The van der Waals surface area contributed by atoms with E-state index in [0.717, 1.165) is 34.5 Å². The van der Waals surface area contributed by atoms with E-state index in [1.807, 2.05) is 85.2 Å². The Morgan fingerprint density at radius 1 is 1.07 bits per heavy atom. The van der Waals surface area contributed by atoms with Crippen LogP contribution in [0.3, 0.4) is 0 Å². The van der Waals surface area contributed by atoms with Crippen molar-refractivity contribution in [2.24, 2.45) is 11.3 Å². The number of aryl methyl sites for hydroxylation is 1. The molecule has 2 heterocycles. The van der Waals surface area contributed by atoms with Gasteiger partial charge in [0.2, 0.25) is 17.7 Å². The lowest BCUT2D eigenvalue weighted by atomic mass is 9.85. The zero-order chi connectivity index (χ0) is 34.2. The van der Waals surface area contributed by atoms with Crippen molar-refractivity contribution >= 4 is 34.8 Å². The van der Waals surface area contributed by atoms with Gasteiger partial charge in [0.25, 0.3) is 0 Å². The van der Waals surface area contributed by atoms with Crippen LogP contribution in [0, 0.1) is 18.3 Å². The fourth-order valence-corrected chi connectivity index (χ4v) is 6.60. The van der Waals surface area contributed by atoms with Gasteiger partial charge in [0, 0.05) is 25.3 Å². The van der Waals surface area contributed by atoms with Crippen LogP contribution in [0.5, 0.6) is 0 Å². The van der Waals surface area contributed by atoms with Gasteiger partial charge in [0.05, 0.1) is 34.3 Å². The summed E-state index contributed by atoms with van der Waals surface area (Å²) in [5, 5.41) is 19.8. The molecule has 1 fully saturated rings. The van der Waals surface area contributed by atoms with Gasteiger partial charge in [-0.1, -0.05) is 65.8 Å². The number of hydrogen-bond acceptors (Lipinski definition) is 8. The zero-order valence-electron chi connectivity index (χ0n) is 28.7. The Balaban J connectivity index is 1.58. The molecule has 3 amide bonds. The zero-order valence-corrected chi connectivity index (χ0v) is 29.5. The first-order chi connectivity index (χ1) is 21.6. The minimum absolute atomic E-state index is 0.0238. The summed E-state index contributed by atoms with van der Waals surface area (Å²) in [6, 6.07) is 5.75. The van der Waals surface area contributed by atoms with Gasteiger partial charge in [-0.25, -0.2) is 4.98 Å². The summed E-state index contributed by atoms with van der Waals surface area (Å²) in [5.41, 5.74) is 4.15. The molecule has 0 unspecified atom stereocenters. The predicted molar refractivity (Wildman–Crippen MR) is 182 cm³/mol. The smallest absolute Gasteiger partial charge is 0.246 e. The summed E-state index contributed by atoms with van der Waals surface area (Å²) in [6.45, 7) is 15.9. The van der Waals surface area contributed by atoms with Crippen molar-refractivity contribution < 1.29 is 24.3 Å². The van der Waals surface area contributed by atoms with Gasteiger partial charge in [-0.15, -0.1) is 11.3 Å². The third-order valence-electron chi connectivity index (χ3n) is 8.60. The van der Waals surface area contributed by atoms with Crippen LogP contribution in [0.15, 0.2) is 29.8 Å². The highest BCUT2D eigenvalue weighted by molar-refractivity contribution is 7.13. The molecule has 0 spiro atoms. The number of rotatable bonds is 15. The molecule has 1 aromatic heterocycles. The molecule has 1 aromatic carbocycles. The normalized spacial score (nSPS) is 18.7. The lowest BCUT2D eigenvalue weighted by molar-refractivity contribution is -0.144. The third kappa shape index (κ3) is 9.92. The fraction of sp³-hybridized carbons (Fsp3) is 0.629. The average molecular weight is 656 g/mol. The number of aliphatic hydroxyl groups is 1. The molecule has 0 bridgehead atoms. The number of likely N-dealkylation sites (tertiary alicyclic amines) is 1. The molecule has 0 radical (unpaired) electrons.